The Morgan fingerprint density at radius 2 is 1.00 bits per heavy atom. The molecule has 42 heavy (non-hydrogen) atoms. The maximum absolute atomic E-state index is 13.4. The van der Waals surface area contributed by atoms with E-state index in [1.807, 2.05) is 48.5 Å². The summed E-state index contributed by atoms with van der Waals surface area (Å²) in [6.07, 6.45) is 6.26. The highest BCUT2D eigenvalue weighted by molar-refractivity contribution is 7.21. The molecule has 6 aromatic rings. The van der Waals surface area contributed by atoms with Crippen LogP contribution in [0.2, 0.25) is 0 Å². The van der Waals surface area contributed by atoms with Gasteiger partial charge >= 0.3 is 0 Å². The SMILES string of the molecule is Nc1c(C(=O)c2ccc(-c3ccc(C(=O)c4sc5nc6c(cc5c4N)CCC6)cc3)cc2)sc2nc3c(cc12)CCC3. The van der Waals surface area contributed by atoms with Crippen molar-refractivity contribution in [2.45, 2.75) is 38.5 Å². The predicted molar refractivity (Wildman–Crippen MR) is 171 cm³/mol. The van der Waals surface area contributed by atoms with Gasteiger partial charge in [0.1, 0.15) is 19.4 Å². The molecule has 0 aliphatic heterocycles. The third-order valence-electron chi connectivity index (χ3n) is 8.54. The average molecular weight is 587 g/mol. The molecule has 206 valence electrons. The van der Waals surface area contributed by atoms with Gasteiger partial charge in [-0.25, -0.2) is 9.97 Å². The molecule has 4 N–H and O–H groups in total. The molecule has 0 radical (unpaired) electrons. The van der Waals surface area contributed by atoms with Gasteiger partial charge < -0.3 is 11.5 Å². The van der Waals surface area contributed by atoms with Crippen LogP contribution in [0, 0.1) is 0 Å². The lowest BCUT2D eigenvalue weighted by Gasteiger charge is -2.06. The number of nitrogen functional groups attached to an aromatic ring is 2. The monoisotopic (exact) mass is 586 g/mol. The van der Waals surface area contributed by atoms with Crippen molar-refractivity contribution < 1.29 is 9.59 Å². The molecule has 0 atom stereocenters. The van der Waals surface area contributed by atoms with Crippen LogP contribution in [0.5, 0.6) is 0 Å². The van der Waals surface area contributed by atoms with Crippen molar-refractivity contribution in [1.29, 1.82) is 0 Å². The molecule has 8 rings (SSSR count). The van der Waals surface area contributed by atoms with Gasteiger partial charge in [0.15, 0.2) is 0 Å². The van der Waals surface area contributed by atoms with Crippen LogP contribution in [0.3, 0.4) is 0 Å². The van der Waals surface area contributed by atoms with Crippen molar-refractivity contribution in [3.05, 3.63) is 104 Å². The van der Waals surface area contributed by atoms with Crippen molar-refractivity contribution in [2.24, 2.45) is 0 Å². The summed E-state index contributed by atoms with van der Waals surface area (Å²) in [6.45, 7) is 0. The number of rotatable bonds is 5. The quantitative estimate of drug-likeness (QED) is 0.207. The van der Waals surface area contributed by atoms with Crippen molar-refractivity contribution in [3.8, 4) is 11.1 Å². The van der Waals surface area contributed by atoms with Gasteiger partial charge in [0, 0.05) is 33.3 Å². The number of ketones is 2. The lowest BCUT2D eigenvalue weighted by atomic mass is 9.99. The standard InChI is InChI=1S/C34H26N4O2S2/c35-27-23-15-21-3-1-5-25(21)37-33(23)41-31(27)29(39)19-11-7-17(8-12-19)18-9-13-20(14-10-18)30(40)32-28(36)24-16-22-4-2-6-26(22)38-34(24)42-32/h7-16H,1-6,35-36H2. The van der Waals surface area contributed by atoms with E-state index in [0.29, 0.717) is 32.3 Å². The minimum atomic E-state index is -0.0937. The number of aromatic nitrogens is 2. The first-order valence-corrected chi connectivity index (χ1v) is 15.8. The first-order valence-electron chi connectivity index (χ1n) is 14.2. The minimum Gasteiger partial charge on any atom is -0.397 e. The zero-order chi connectivity index (χ0) is 28.5. The van der Waals surface area contributed by atoms with Crippen LogP contribution in [-0.4, -0.2) is 21.5 Å². The molecule has 6 nitrogen and oxygen atoms in total. The van der Waals surface area contributed by atoms with E-state index >= 15 is 0 Å². The van der Waals surface area contributed by atoms with Gasteiger partial charge in [-0.15, -0.1) is 22.7 Å². The van der Waals surface area contributed by atoms with E-state index in [9.17, 15) is 9.59 Å². The summed E-state index contributed by atoms with van der Waals surface area (Å²) in [6, 6.07) is 19.2. The van der Waals surface area contributed by atoms with E-state index in [1.54, 1.807) is 0 Å². The second-order valence-electron chi connectivity index (χ2n) is 11.1. The number of anilines is 2. The molecule has 2 aromatic carbocycles. The number of aryl methyl sites for hydroxylation is 4. The summed E-state index contributed by atoms with van der Waals surface area (Å²) in [5.41, 5.74) is 21.7. The van der Waals surface area contributed by atoms with Gasteiger partial charge in [-0.3, -0.25) is 9.59 Å². The summed E-state index contributed by atoms with van der Waals surface area (Å²) in [4.78, 5) is 39.1. The minimum absolute atomic E-state index is 0.0937. The van der Waals surface area contributed by atoms with Crippen LogP contribution >= 0.6 is 22.7 Å². The molecule has 8 heteroatoms. The number of fused-ring (bicyclic) bond motifs is 4. The van der Waals surface area contributed by atoms with Gasteiger partial charge in [-0.2, -0.15) is 0 Å². The van der Waals surface area contributed by atoms with Gasteiger partial charge in [0.05, 0.1) is 11.4 Å². The predicted octanol–water partition coefficient (Wildman–Crippen LogP) is 7.18. The smallest absolute Gasteiger partial charge is 0.205 e. The Bertz CT molecular complexity index is 1940. The first-order chi connectivity index (χ1) is 20.4. The number of carbonyl (C=O) groups excluding carboxylic acids is 2. The second kappa shape index (κ2) is 9.58. The summed E-state index contributed by atoms with van der Waals surface area (Å²) in [7, 11) is 0. The van der Waals surface area contributed by atoms with E-state index in [2.05, 4.69) is 12.1 Å². The summed E-state index contributed by atoms with van der Waals surface area (Å²) >= 11 is 2.75. The van der Waals surface area contributed by atoms with Crippen molar-refractivity contribution >= 4 is 66.0 Å². The second-order valence-corrected chi connectivity index (χ2v) is 13.1. The van der Waals surface area contributed by atoms with Gasteiger partial charge in [-0.1, -0.05) is 48.5 Å². The fraction of sp³-hybridized carbons (Fsp3) is 0.176. The van der Waals surface area contributed by atoms with Crippen molar-refractivity contribution in [1.82, 2.24) is 9.97 Å². The molecule has 0 bridgehead atoms. The van der Waals surface area contributed by atoms with Crippen molar-refractivity contribution in [2.75, 3.05) is 11.5 Å². The zero-order valence-electron chi connectivity index (χ0n) is 22.7. The molecule has 4 aromatic heterocycles. The fourth-order valence-corrected chi connectivity index (χ4v) is 8.34. The van der Waals surface area contributed by atoms with Gasteiger partial charge in [0.25, 0.3) is 0 Å². The highest BCUT2D eigenvalue weighted by Gasteiger charge is 2.23. The summed E-state index contributed by atoms with van der Waals surface area (Å²) in [5.74, 6) is -0.187. The average Bonchev–Trinajstić information content (AvgIpc) is 3.81. The van der Waals surface area contributed by atoms with Gasteiger partial charge in [0.2, 0.25) is 11.6 Å². The molecule has 0 saturated heterocycles. The van der Waals surface area contributed by atoms with Crippen LogP contribution in [0.15, 0.2) is 60.7 Å². The number of hydrogen-bond donors (Lipinski definition) is 2. The summed E-state index contributed by atoms with van der Waals surface area (Å²) < 4.78 is 0. The molecule has 0 unspecified atom stereocenters. The van der Waals surface area contributed by atoms with E-state index in [4.69, 9.17) is 21.4 Å². The fourth-order valence-electron chi connectivity index (χ4n) is 6.22. The van der Waals surface area contributed by atoms with E-state index in [-0.39, 0.29) is 11.6 Å². The van der Waals surface area contributed by atoms with Crippen LogP contribution in [0.25, 0.3) is 31.6 Å². The maximum atomic E-state index is 13.4. The molecule has 2 aliphatic rings. The lowest BCUT2D eigenvalue weighted by Crippen LogP contribution is -2.02. The van der Waals surface area contributed by atoms with Gasteiger partial charge in [-0.05, 0) is 72.9 Å². The Kier molecular flexibility index (Phi) is 5.77. The Hall–Kier alpha value is -4.40. The third kappa shape index (κ3) is 3.97. The number of hydrogen-bond acceptors (Lipinski definition) is 8. The highest BCUT2D eigenvalue weighted by Crippen LogP contribution is 2.38. The lowest BCUT2D eigenvalue weighted by molar-refractivity contribution is 0.103. The van der Waals surface area contributed by atoms with E-state index in [1.165, 1.54) is 33.8 Å². The Balaban J connectivity index is 1.03. The number of benzene rings is 2. The molecule has 0 fully saturated rings. The number of nitrogens with two attached hydrogens (primary N) is 2. The Labute approximate surface area is 250 Å². The molecular formula is C34H26N4O2S2. The van der Waals surface area contributed by atoms with Crippen LogP contribution in [0.4, 0.5) is 11.4 Å². The number of carbonyl (C=O) groups is 2. The van der Waals surface area contributed by atoms with Crippen LogP contribution in [0.1, 0.15) is 65.8 Å². The normalized spacial score (nSPS) is 14.0. The van der Waals surface area contributed by atoms with Crippen LogP contribution < -0.4 is 11.5 Å². The zero-order valence-corrected chi connectivity index (χ0v) is 24.3. The van der Waals surface area contributed by atoms with Crippen LogP contribution in [-0.2, 0) is 25.7 Å². The maximum Gasteiger partial charge on any atom is 0.205 e. The molecule has 0 amide bonds. The molecule has 4 heterocycles. The number of nitrogens with zero attached hydrogens (tertiary/aromatic N) is 2. The number of pyridine rings is 2. The first kappa shape index (κ1) is 25.3. The van der Waals surface area contributed by atoms with E-state index < -0.39 is 0 Å². The van der Waals surface area contributed by atoms with E-state index in [0.717, 1.165) is 81.5 Å². The Morgan fingerprint density at radius 1 is 0.595 bits per heavy atom. The summed E-state index contributed by atoms with van der Waals surface area (Å²) in [5, 5.41) is 1.76. The largest absolute Gasteiger partial charge is 0.397 e. The molecule has 0 saturated carbocycles. The topological polar surface area (TPSA) is 112 Å². The molecular weight excluding hydrogens is 561 g/mol. The number of thiophene rings is 2. The Morgan fingerprint density at radius 3 is 1.40 bits per heavy atom. The molecule has 0 spiro atoms. The highest BCUT2D eigenvalue weighted by atomic mass is 32.1. The third-order valence-corrected chi connectivity index (χ3v) is 10.8. The molecule has 2 aliphatic carbocycles. The van der Waals surface area contributed by atoms with Crippen molar-refractivity contribution in [3.63, 3.8) is 0 Å².